The summed E-state index contributed by atoms with van der Waals surface area (Å²) in [5, 5.41) is 2.74. The van der Waals surface area contributed by atoms with Crippen LogP contribution in [0.2, 0.25) is 0 Å². The number of hydrogen-bond acceptors (Lipinski definition) is 6. The van der Waals surface area contributed by atoms with Gasteiger partial charge in [0.2, 0.25) is 5.91 Å². The summed E-state index contributed by atoms with van der Waals surface area (Å²) in [5.74, 6) is -0.405. The van der Waals surface area contributed by atoms with Crippen molar-refractivity contribution < 1.29 is 23.9 Å². The number of thioether (sulfide) groups is 1. The van der Waals surface area contributed by atoms with Crippen LogP contribution in [0, 0.1) is 3.57 Å². The maximum atomic E-state index is 11.9. The largest absolute Gasteiger partial charge is 0.490 e. The molecule has 0 saturated heterocycles. The van der Waals surface area contributed by atoms with Crippen molar-refractivity contribution in [1.29, 1.82) is 0 Å². The van der Waals surface area contributed by atoms with Crippen molar-refractivity contribution >= 4 is 63.4 Å². The topological polar surface area (TPSA) is 94.1 Å². The third-order valence-corrected chi connectivity index (χ3v) is 4.48. The quantitative estimate of drug-likeness (QED) is 0.312. The van der Waals surface area contributed by atoms with Crippen molar-refractivity contribution in [3.05, 3.63) is 26.2 Å². The molecule has 1 N–H and O–H groups in total. The lowest BCUT2D eigenvalue weighted by Gasteiger charge is -2.12. The standard InChI is InChI=1S/C16H15IN2O5S/c1-4-23-12-6-10(5-11(17)14(12)24-9(3)21)7-13-15(22)19-16(25-13)18-8(2)20/h5-7H,4H2,1-3H3,(H,18,19,20,22). The van der Waals surface area contributed by atoms with Crippen LogP contribution in [0.1, 0.15) is 26.3 Å². The fourth-order valence-electron chi connectivity index (χ4n) is 1.94. The maximum Gasteiger partial charge on any atom is 0.308 e. The smallest absolute Gasteiger partial charge is 0.308 e. The summed E-state index contributed by atoms with van der Waals surface area (Å²) in [4.78, 5) is 38.4. The molecule has 1 aromatic carbocycles. The van der Waals surface area contributed by atoms with Gasteiger partial charge in [-0.3, -0.25) is 14.4 Å². The van der Waals surface area contributed by atoms with Crippen molar-refractivity contribution in [1.82, 2.24) is 5.32 Å². The predicted molar refractivity (Wildman–Crippen MR) is 103 cm³/mol. The van der Waals surface area contributed by atoms with E-state index in [2.05, 4.69) is 10.3 Å². The second-order valence-electron chi connectivity index (χ2n) is 4.87. The number of amidine groups is 1. The minimum atomic E-state index is -0.445. The molecule has 0 aliphatic carbocycles. The van der Waals surface area contributed by atoms with Gasteiger partial charge in [0, 0.05) is 13.8 Å². The van der Waals surface area contributed by atoms with Gasteiger partial charge in [0.25, 0.3) is 5.91 Å². The number of nitrogens with zero attached hydrogens (tertiary/aromatic N) is 1. The van der Waals surface area contributed by atoms with E-state index in [1.807, 2.05) is 29.5 Å². The van der Waals surface area contributed by atoms with Crippen LogP contribution in [0.15, 0.2) is 22.0 Å². The van der Waals surface area contributed by atoms with E-state index >= 15 is 0 Å². The second-order valence-corrected chi connectivity index (χ2v) is 7.06. The summed E-state index contributed by atoms with van der Waals surface area (Å²) >= 11 is 3.12. The molecule has 25 heavy (non-hydrogen) atoms. The first-order valence-corrected chi connectivity index (χ1v) is 9.14. The normalized spacial score (nSPS) is 15.1. The molecule has 1 aliphatic rings. The Labute approximate surface area is 162 Å². The van der Waals surface area contributed by atoms with Gasteiger partial charge in [-0.15, -0.1) is 0 Å². The molecule has 132 valence electrons. The van der Waals surface area contributed by atoms with E-state index in [1.165, 1.54) is 13.8 Å². The number of esters is 1. The SMILES string of the molecule is CCOc1cc(C=C2SC(NC(C)=O)=NC2=O)cc(I)c1OC(C)=O. The van der Waals surface area contributed by atoms with E-state index in [1.54, 1.807) is 18.2 Å². The maximum absolute atomic E-state index is 11.9. The minimum Gasteiger partial charge on any atom is -0.490 e. The van der Waals surface area contributed by atoms with E-state index in [-0.39, 0.29) is 11.1 Å². The van der Waals surface area contributed by atoms with Gasteiger partial charge < -0.3 is 14.8 Å². The van der Waals surface area contributed by atoms with Gasteiger partial charge >= 0.3 is 5.97 Å². The Balaban J connectivity index is 2.33. The Kier molecular flexibility index (Phi) is 6.59. The molecule has 1 aromatic rings. The Morgan fingerprint density at radius 1 is 1.36 bits per heavy atom. The van der Waals surface area contributed by atoms with E-state index < -0.39 is 11.9 Å². The third-order valence-electron chi connectivity index (χ3n) is 2.78. The van der Waals surface area contributed by atoms with Crippen LogP contribution in [0.5, 0.6) is 11.5 Å². The number of nitrogens with one attached hydrogen (secondary N) is 1. The van der Waals surface area contributed by atoms with Crippen molar-refractivity contribution in [2.45, 2.75) is 20.8 Å². The van der Waals surface area contributed by atoms with Crippen LogP contribution in [0.3, 0.4) is 0 Å². The molecule has 0 fully saturated rings. The van der Waals surface area contributed by atoms with E-state index in [0.29, 0.717) is 32.1 Å². The predicted octanol–water partition coefficient (Wildman–Crippen LogP) is 2.72. The molecule has 0 unspecified atom stereocenters. The average Bonchev–Trinajstić information content (AvgIpc) is 2.81. The summed E-state index contributed by atoms with van der Waals surface area (Å²) in [5.41, 5.74) is 0.693. The second kappa shape index (κ2) is 8.48. The number of carbonyl (C=O) groups is 3. The zero-order chi connectivity index (χ0) is 18.6. The van der Waals surface area contributed by atoms with Crippen molar-refractivity contribution in [2.24, 2.45) is 4.99 Å². The Hall–Kier alpha value is -1.88. The molecule has 0 aromatic heterocycles. The van der Waals surface area contributed by atoms with Crippen molar-refractivity contribution in [3.63, 3.8) is 0 Å². The number of rotatable bonds is 4. The lowest BCUT2D eigenvalue weighted by Crippen LogP contribution is -2.23. The van der Waals surface area contributed by atoms with Crippen molar-refractivity contribution in [3.8, 4) is 11.5 Å². The van der Waals surface area contributed by atoms with Gasteiger partial charge in [0.1, 0.15) is 0 Å². The lowest BCUT2D eigenvalue weighted by atomic mass is 10.2. The minimum absolute atomic E-state index is 0.250. The van der Waals surface area contributed by atoms with Crippen LogP contribution < -0.4 is 14.8 Å². The summed E-state index contributed by atoms with van der Waals surface area (Å²) in [6, 6.07) is 3.44. The van der Waals surface area contributed by atoms with Gasteiger partial charge in [-0.05, 0) is 65.0 Å². The van der Waals surface area contributed by atoms with E-state index in [9.17, 15) is 14.4 Å². The highest BCUT2D eigenvalue weighted by molar-refractivity contribution is 14.1. The Morgan fingerprint density at radius 3 is 2.68 bits per heavy atom. The zero-order valence-corrected chi connectivity index (χ0v) is 16.7. The molecule has 1 heterocycles. The number of aliphatic imine (C=N–C) groups is 1. The molecule has 0 spiro atoms. The van der Waals surface area contributed by atoms with Crippen LogP contribution in [0.25, 0.3) is 6.08 Å². The van der Waals surface area contributed by atoms with Crippen LogP contribution in [-0.4, -0.2) is 29.6 Å². The molecule has 2 rings (SSSR count). The molecule has 1 aliphatic heterocycles. The molecule has 0 bridgehead atoms. The molecule has 2 amide bonds. The molecule has 0 atom stereocenters. The van der Waals surface area contributed by atoms with Gasteiger partial charge in [-0.25, -0.2) is 0 Å². The van der Waals surface area contributed by atoms with Gasteiger partial charge in [0.15, 0.2) is 16.7 Å². The van der Waals surface area contributed by atoms with Gasteiger partial charge in [0.05, 0.1) is 15.1 Å². The Morgan fingerprint density at radius 2 is 2.08 bits per heavy atom. The lowest BCUT2D eigenvalue weighted by molar-refractivity contribution is -0.132. The molecular formula is C16H15IN2O5S. The number of amides is 2. The number of carbonyl (C=O) groups excluding carboxylic acids is 3. The zero-order valence-electron chi connectivity index (χ0n) is 13.7. The number of ether oxygens (including phenoxy) is 2. The monoisotopic (exact) mass is 474 g/mol. The third kappa shape index (κ3) is 5.30. The highest BCUT2D eigenvalue weighted by atomic mass is 127. The summed E-state index contributed by atoms with van der Waals surface area (Å²) in [7, 11) is 0. The number of benzene rings is 1. The molecular weight excluding hydrogens is 459 g/mol. The number of halogens is 1. The number of hydrogen-bond donors (Lipinski definition) is 1. The summed E-state index contributed by atoms with van der Waals surface area (Å²) in [6.45, 7) is 4.88. The molecule has 7 nitrogen and oxygen atoms in total. The first-order valence-electron chi connectivity index (χ1n) is 7.25. The van der Waals surface area contributed by atoms with E-state index in [4.69, 9.17) is 9.47 Å². The van der Waals surface area contributed by atoms with Crippen molar-refractivity contribution in [2.75, 3.05) is 6.61 Å². The van der Waals surface area contributed by atoms with Crippen LogP contribution in [-0.2, 0) is 14.4 Å². The highest BCUT2D eigenvalue weighted by Crippen LogP contribution is 2.36. The summed E-state index contributed by atoms with van der Waals surface area (Å²) < 4.78 is 11.4. The molecule has 9 heteroatoms. The van der Waals surface area contributed by atoms with Crippen LogP contribution >= 0.6 is 34.4 Å². The van der Waals surface area contributed by atoms with E-state index in [0.717, 1.165) is 11.8 Å². The first-order chi connectivity index (χ1) is 11.8. The fraction of sp³-hybridized carbons (Fsp3) is 0.250. The average molecular weight is 474 g/mol. The van der Waals surface area contributed by atoms with Crippen LogP contribution in [0.4, 0.5) is 0 Å². The summed E-state index contributed by atoms with van der Waals surface area (Å²) in [6.07, 6.45) is 1.65. The fourth-order valence-corrected chi connectivity index (χ4v) is 3.54. The van der Waals surface area contributed by atoms with Gasteiger partial charge in [-0.1, -0.05) is 0 Å². The highest BCUT2D eigenvalue weighted by Gasteiger charge is 2.23. The Bertz CT molecular complexity index is 804. The molecule has 0 radical (unpaired) electrons. The van der Waals surface area contributed by atoms with Gasteiger partial charge in [-0.2, -0.15) is 4.99 Å². The first kappa shape index (κ1) is 19.4. The molecule has 0 saturated carbocycles.